The van der Waals surface area contributed by atoms with Crippen molar-refractivity contribution in [2.75, 3.05) is 5.43 Å². The second kappa shape index (κ2) is 6.38. The highest BCUT2D eigenvalue weighted by Crippen LogP contribution is 2.17. The van der Waals surface area contributed by atoms with E-state index in [1.807, 2.05) is 48.5 Å². The van der Waals surface area contributed by atoms with Crippen molar-refractivity contribution in [2.24, 2.45) is 21.8 Å². The predicted octanol–water partition coefficient (Wildman–Crippen LogP) is 3.66. The van der Waals surface area contributed by atoms with Crippen LogP contribution in [0.2, 0.25) is 0 Å². The summed E-state index contributed by atoms with van der Waals surface area (Å²) < 4.78 is 0. The summed E-state index contributed by atoms with van der Waals surface area (Å²) in [6.07, 6.45) is 0. The third-order valence-electron chi connectivity index (χ3n) is 2.84. The average Bonchev–Trinajstić information content (AvgIpc) is 2.48. The maximum atomic E-state index is 5.60. The molecule has 5 N–H and O–H groups in total. The van der Waals surface area contributed by atoms with Crippen LogP contribution in [0.3, 0.4) is 0 Å². The second-order valence-corrected chi connectivity index (χ2v) is 4.49. The zero-order valence-electron chi connectivity index (χ0n) is 11.6. The van der Waals surface area contributed by atoms with Crippen molar-refractivity contribution in [3.05, 3.63) is 72.8 Å². The molecular weight excluding hydrogens is 262 g/mol. The van der Waals surface area contributed by atoms with Gasteiger partial charge in [-0.3, -0.25) is 5.43 Å². The Bertz CT molecular complexity index is 669. The van der Waals surface area contributed by atoms with E-state index in [0.717, 1.165) is 22.5 Å². The van der Waals surface area contributed by atoms with Gasteiger partial charge in [0.2, 0.25) is 0 Å². The minimum atomic E-state index is 0.526. The van der Waals surface area contributed by atoms with Crippen LogP contribution in [0.4, 0.5) is 11.4 Å². The van der Waals surface area contributed by atoms with Crippen molar-refractivity contribution < 1.29 is 0 Å². The fraction of sp³-hybridized carbons (Fsp3) is 0. The summed E-state index contributed by atoms with van der Waals surface area (Å²) in [6.45, 7) is 7.35. The molecule has 106 valence electrons. The van der Waals surface area contributed by atoms with Gasteiger partial charge in [0, 0.05) is 11.4 Å². The first-order valence-corrected chi connectivity index (χ1v) is 6.32. The number of anilines is 1. The van der Waals surface area contributed by atoms with Crippen molar-refractivity contribution >= 4 is 22.8 Å². The lowest BCUT2D eigenvalue weighted by molar-refractivity contribution is 1.13. The first-order chi connectivity index (χ1) is 10.1. The summed E-state index contributed by atoms with van der Waals surface area (Å²) in [7, 11) is 0. The molecule has 0 fully saturated rings. The van der Waals surface area contributed by atoms with E-state index in [4.69, 9.17) is 11.5 Å². The molecule has 0 aliphatic carbocycles. The predicted molar refractivity (Wildman–Crippen MR) is 87.5 cm³/mol. The van der Waals surface area contributed by atoms with Crippen LogP contribution in [0.5, 0.6) is 0 Å². The van der Waals surface area contributed by atoms with E-state index in [2.05, 4.69) is 28.9 Å². The van der Waals surface area contributed by atoms with Gasteiger partial charge >= 0.3 is 0 Å². The Balaban J connectivity index is 1.98. The Hall–Kier alpha value is -3.08. The molecule has 0 bridgehead atoms. The Kier molecular flexibility index (Phi) is 4.36. The fourth-order valence-corrected chi connectivity index (χ4v) is 1.64. The largest absolute Gasteiger partial charge is 0.399 e. The summed E-state index contributed by atoms with van der Waals surface area (Å²) in [4.78, 5) is 0. The maximum absolute atomic E-state index is 5.60. The quantitative estimate of drug-likeness (QED) is 0.576. The molecule has 0 heterocycles. The molecule has 5 nitrogen and oxygen atoms in total. The van der Waals surface area contributed by atoms with Gasteiger partial charge in [-0.15, -0.1) is 5.11 Å². The highest BCUT2D eigenvalue weighted by molar-refractivity contribution is 5.63. The van der Waals surface area contributed by atoms with Crippen molar-refractivity contribution in [3.63, 3.8) is 0 Å². The first-order valence-electron chi connectivity index (χ1n) is 6.32. The Morgan fingerprint density at radius 2 is 1.29 bits per heavy atom. The summed E-state index contributed by atoms with van der Waals surface area (Å²) >= 11 is 0. The normalized spacial score (nSPS) is 10.5. The molecule has 0 aromatic heterocycles. The van der Waals surface area contributed by atoms with Crippen molar-refractivity contribution in [1.82, 2.24) is 0 Å². The fourth-order valence-electron chi connectivity index (χ4n) is 1.64. The van der Waals surface area contributed by atoms with E-state index >= 15 is 0 Å². The number of nitrogens with two attached hydrogens (primary N) is 2. The molecule has 21 heavy (non-hydrogen) atoms. The number of nitrogens with zero attached hydrogens (tertiary/aromatic N) is 2. The Labute approximate surface area is 123 Å². The molecule has 0 atom stereocenters. The van der Waals surface area contributed by atoms with E-state index in [9.17, 15) is 0 Å². The van der Waals surface area contributed by atoms with E-state index in [1.54, 1.807) is 0 Å². The van der Waals surface area contributed by atoms with Gasteiger partial charge < -0.3 is 11.5 Å². The molecule has 0 saturated carbocycles. The zero-order valence-corrected chi connectivity index (χ0v) is 11.6. The van der Waals surface area contributed by atoms with Crippen LogP contribution in [-0.2, 0) is 0 Å². The summed E-state index contributed by atoms with van der Waals surface area (Å²) in [5, 5.41) is 7.99. The molecule has 0 amide bonds. The average molecular weight is 279 g/mol. The SMILES string of the molecule is C=C(N)c1ccc(N=NNc2ccc(C(=C)N)cc2)cc1. The third kappa shape index (κ3) is 3.94. The first kappa shape index (κ1) is 14.3. The van der Waals surface area contributed by atoms with Gasteiger partial charge in [0.15, 0.2) is 0 Å². The van der Waals surface area contributed by atoms with Crippen molar-refractivity contribution in [3.8, 4) is 0 Å². The van der Waals surface area contributed by atoms with Crippen LogP contribution >= 0.6 is 0 Å². The van der Waals surface area contributed by atoms with Crippen molar-refractivity contribution in [1.29, 1.82) is 0 Å². The molecule has 2 rings (SSSR count). The molecular formula is C16H17N5. The van der Waals surface area contributed by atoms with Gasteiger partial charge in [0.05, 0.1) is 11.4 Å². The molecule has 2 aromatic carbocycles. The lowest BCUT2D eigenvalue weighted by Crippen LogP contribution is -1.94. The molecule has 5 heteroatoms. The number of hydrogen-bond acceptors (Lipinski definition) is 4. The van der Waals surface area contributed by atoms with Gasteiger partial charge in [-0.05, 0) is 35.4 Å². The maximum Gasteiger partial charge on any atom is 0.0874 e. The number of rotatable bonds is 5. The molecule has 0 radical (unpaired) electrons. The standard InChI is InChI=1S/C16H17N5/c1-11(17)13-3-7-15(8-4-13)19-21-20-16-9-5-14(6-10-16)12(2)18/h3-10H,1-2,17-18H2,(H,19,20). The number of nitrogens with one attached hydrogen (secondary N) is 1. The monoisotopic (exact) mass is 279 g/mol. The van der Waals surface area contributed by atoms with Crippen LogP contribution in [0.15, 0.2) is 72.0 Å². The minimum Gasteiger partial charge on any atom is -0.399 e. The Morgan fingerprint density at radius 1 is 0.810 bits per heavy atom. The summed E-state index contributed by atoms with van der Waals surface area (Å²) in [6, 6.07) is 14.8. The lowest BCUT2D eigenvalue weighted by atomic mass is 10.2. The van der Waals surface area contributed by atoms with Crippen LogP contribution in [0.1, 0.15) is 11.1 Å². The second-order valence-electron chi connectivity index (χ2n) is 4.49. The van der Waals surface area contributed by atoms with Crippen LogP contribution in [0, 0.1) is 0 Å². The third-order valence-corrected chi connectivity index (χ3v) is 2.84. The van der Waals surface area contributed by atoms with Crippen LogP contribution < -0.4 is 16.9 Å². The smallest absolute Gasteiger partial charge is 0.0874 e. The molecule has 0 unspecified atom stereocenters. The Morgan fingerprint density at radius 3 is 1.76 bits per heavy atom. The number of benzene rings is 2. The number of hydrogen-bond donors (Lipinski definition) is 3. The van der Waals surface area contributed by atoms with Gasteiger partial charge in [-0.1, -0.05) is 42.6 Å². The lowest BCUT2D eigenvalue weighted by Gasteiger charge is -2.02. The van der Waals surface area contributed by atoms with Crippen LogP contribution in [0.25, 0.3) is 11.4 Å². The van der Waals surface area contributed by atoms with Gasteiger partial charge in [0.25, 0.3) is 0 Å². The van der Waals surface area contributed by atoms with Gasteiger partial charge in [-0.25, -0.2) is 0 Å². The van der Waals surface area contributed by atoms with E-state index < -0.39 is 0 Å². The van der Waals surface area contributed by atoms with Gasteiger partial charge in [-0.2, -0.15) is 0 Å². The highest BCUT2D eigenvalue weighted by Gasteiger charge is 1.96. The van der Waals surface area contributed by atoms with E-state index in [-0.39, 0.29) is 0 Å². The highest BCUT2D eigenvalue weighted by atomic mass is 15.4. The molecule has 0 spiro atoms. The van der Waals surface area contributed by atoms with E-state index in [0.29, 0.717) is 11.4 Å². The summed E-state index contributed by atoms with van der Waals surface area (Å²) in [5.74, 6) is 0. The molecule has 0 aliphatic rings. The van der Waals surface area contributed by atoms with Crippen molar-refractivity contribution in [2.45, 2.75) is 0 Å². The zero-order chi connectivity index (χ0) is 15.2. The van der Waals surface area contributed by atoms with Gasteiger partial charge in [0.1, 0.15) is 0 Å². The minimum absolute atomic E-state index is 0.526. The molecule has 0 saturated heterocycles. The molecule has 2 aromatic rings. The van der Waals surface area contributed by atoms with E-state index in [1.165, 1.54) is 0 Å². The summed E-state index contributed by atoms with van der Waals surface area (Å²) in [5.41, 5.74) is 18.4. The molecule has 0 aliphatic heterocycles. The topological polar surface area (TPSA) is 88.8 Å². The van der Waals surface area contributed by atoms with Crippen LogP contribution in [-0.4, -0.2) is 0 Å².